The van der Waals surface area contributed by atoms with Gasteiger partial charge in [0.05, 0.1) is 17.9 Å². The Bertz CT molecular complexity index is 341. The summed E-state index contributed by atoms with van der Waals surface area (Å²) in [4.78, 5) is 21.9. The molecular weight excluding hydrogens is 182 g/mol. The summed E-state index contributed by atoms with van der Waals surface area (Å²) < 4.78 is 6.52. The van der Waals surface area contributed by atoms with Gasteiger partial charge in [-0.2, -0.15) is 0 Å². The number of rotatable bonds is 4. The Labute approximate surface area is 82.5 Å². The lowest BCUT2D eigenvalue weighted by Gasteiger charge is -1.98. The van der Waals surface area contributed by atoms with Crippen molar-refractivity contribution in [3.63, 3.8) is 0 Å². The topological polar surface area (TPSA) is 48.3 Å². The number of esters is 1. The molecule has 0 aliphatic carbocycles. The van der Waals surface area contributed by atoms with E-state index in [4.69, 9.17) is 4.74 Å². The lowest BCUT2D eigenvalue weighted by Crippen LogP contribution is -2.03. The fourth-order valence-electron chi connectivity index (χ4n) is 1.22. The Hall–Kier alpha value is -1.58. The Balaban J connectivity index is 2.94. The third-order valence-electron chi connectivity index (χ3n) is 1.90. The summed E-state index contributed by atoms with van der Waals surface area (Å²) in [5, 5.41) is 0. The van der Waals surface area contributed by atoms with Crippen molar-refractivity contribution in [2.75, 3.05) is 6.61 Å². The van der Waals surface area contributed by atoms with Crippen molar-refractivity contribution in [2.45, 2.75) is 20.4 Å². The summed E-state index contributed by atoms with van der Waals surface area (Å²) >= 11 is 0. The molecule has 0 spiro atoms. The van der Waals surface area contributed by atoms with Gasteiger partial charge in [-0.3, -0.25) is 4.79 Å². The second-order valence-corrected chi connectivity index (χ2v) is 2.78. The first-order valence-corrected chi connectivity index (χ1v) is 4.55. The lowest BCUT2D eigenvalue weighted by molar-refractivity contribution is 0.0526. The van der Waals surface area contributed by atoms with E-state index in [1.807, 2.05) is 6.92 Å². The molecule has 0 aliphatic heterocycles. The molecule has 14 heavy (non-hydrogen) atoms. The molecule has 0 amide bonds. The van der Waals surface area contributed by atoms with Gasteiger partial charge >= 0.3 is 5.97 Å². The number of carbonyl (C=O) groups is 2. The maximum atomic E-state index is 11.3. The number of hydrogen-bond acceptors (Lipinski definition) is 3. The van der Waals surface area contributed by atoms with E-state index in [0.717, 1.165) is 6.29 Å². The number of hydrogen-bond donors (Lipinski definition) is 0. The maximum absolute atomic E-state index is 11.3. The zero-order valence-electron chi connectivity index (χ0n) is 8.32. The number of carbonyl (C=O) groups excluding carboxylic acids is 2. The van der Waals surface area contributed by atoms with Crippen LogP contribution in [0.3, 0.4) is 0 Å². The Morgan fingerprint density at radius 1 is 1.57 bits per heavy atom. The van der Waals surface area contributed by atoms with Gasteiger partial charge in [0.15, 0.2) is 6.29 Å². The van der Waals surface area contributed by atoms with Gasteiger partial charge in [-0.25, -0.2) is 4.79 Å². The fraction of sp³-hybridized carbons (Fsp3) is 0.400. The van der Waals surface area contributed by atoms with Crippen LogP contribution in [0, 0.1) is 0 Å². The summed E-state index contributed by atoms with van der Waals surface area (Å²) in [7, 11) is 0. The molecular formula is C10H13NO3. The van der Waals surface area contributed by atoms with E-state index in [0.29, 0.717) is 24.4 Å². The molecule has 0 fully saturated rings. The number of ether oxygens (including phenoxy) is 1. The van der Waals surface area contributed by atoms with Gasteiger partial charge in [0.25, 0.3) is 0 Å². The highest BCUT2D eigenvalue weighted by Crippen LogP contribution is 2.08. The minimum atomic E-state index is -0.386. The van der Waals surface area contributed by atoms with Crippen LogP contribution in [-0.2, 0) is 11.3 Å². The number of aryl methyl sites for hydroxylation is 1. The molecule has 0 aromatic carbocycles. The van der Waals surface area contributed by atoms with Gasteiger partial charge in [0, 0.05) is 12.7 Å². The van der Waals surface area contributed by atoms with Crippen molar-refractivity contribution in [3.8, 4) is 0 Å². The van der Waals surface area contributed by atoms with Crippen molar-refractivity contribution in [1.82, 2.24) is 4.57 Å². The monoisotopic (exact) mass is 195 g/mol. The van der Waals surface area contributed by atoms with Crippen LogP contribution in [0.25, 0.3) is 0 Å². The molecule has 76 valence electrons. The predicted molar refractivity (Wildman–Crippen MR) is 51.5 cm³/mol. The van der Waals surface area contributed by atoms with E-state index >= 15 is 0 Å². The molecule has 0 atom stereocenters. The van der Waals surface area contributed by atoms with E-state index in [1.165, 1.54) is 6.07 Å². The molecule has 0 radical (unpaired) electrons. The summed E-state index contributed by atoms with van der Waals surface area (Å²) in [6.07, 6.45) is 2.36. The van der Waals surface area contributed by atoms with E-state index in [9.17, 15) is 9.59 Å². The number of aldehydes is 1. The molecule has 0 bridgehead atoms. The zero-order chi connectivity index (χ0) is 10.6. The average Bonchev–Trinajstić information content (AvgIpc) is 2.61. The van der Waals surface area contributed by atoms with Gasteiger partial charge in [-0.15, -0.1) is 0 Å². The normalized spacial score (nSPS) is 9.86. The second-order valence-electron chi connectivity index (χ2n) is 2.78. The largest absolute Gasteiger partial charge is 0.462 e. The zero-order valence-corrected chi connectivity index (χ0v) is 8.32. The minimum Gasteiger partial charge on any atom is -0.462 e. The minimum absolute atomic E-state index is 0.340. The highest BCUT2D eigenvalue weighted by Gasteiger charge is 2.11. The van der Waals surface area contributed by atoms with Gasteiger partial charge in [0.1, 0.15) is 0 Å². The summed E-state index contributed by atoms with van der Waals surface area (Å²) in [5.74, 6) is -0.386. The number of nitrogens with zero attached hydrogens (tertiary/aromatic N) is 1. The molecule has 0 aliphatic rings. The van der Waals surface area contributed by atoms with E-state index in [2.05, 4.69) is 0 Å². The van der Waals surface area contributed by atoms with Gasteiger partial charge in [-0.05, 0) is 19.9 Å². The highest BCUT2D eigenvalue weighted by atomic mass is 16.5. The highest BCUT2D eigenvalue weighted by molar-refractivity contribution is 5.91. The smallest absolute Gasteiger partial charge is 0.339 e. The quantitative estimate of drug-likeness (QED) is 0.540. The van der Waals surface area contributed by atoms with Crippen molar-refractivity contribution in [3.05, 3.63) is 23.5 Å². The van der Waals surface area contributed by atoms with Crippen LogP contribution in [0.1, 0.15) is 34.7 Å². The second kappa shape index (κ2) is 4.60. The van der Waals surface area contributed by atoms with Crippen molar-refractivity contribution < 1.29 is 14.3 Å². The molecule has 1 aromatic rings. The van der Waals surface area contributed by atoms with Crippen molar-refractivity contribution >= 4 is 12.3 Å². The third kappa shape index (κ3) is 2.02. The van der Waals surface area contributed by atoms with Crippen molar-refractivity contribution in [1.29, 1.82) is 0 Å². The van der Waals surface area contributed by atoms with Crippen LogP contribution >= 0.6 is 0 Å². The molecule has 4 nitrogen and oxygen atoms in total. The Morgan fingerprint density at radius 2 is 2.29 bits per heavy atom. The van der Waals surface area contributed by atoms with Crippen LogP contribution in [0.15, 0.2) is 12.3 Å². The van der Waals surface area contributed by atoms with Gasteiger partial charge in [-0.1, -0.05) is 0 Å². The molecule has 1 rings (SSSR count). The summed E-state index contributed by atoms with van der Waals surface area (Å²) in [6, 6.07) is 1.54. The van der Waals surface area contributed by atoms with Crippen LogP contribution in [0.2, 0.25) is 0 Å². The first-order valence-electron chi connectivity index (χ1n) is 4.55. The molecule has 0 unspecified atom stereocenters. The maximum Gasteiger partial charge on any atom is 0.339 e. The predicted octanol–water partition coefficient (Wildman–Crippen LogP) is 1.50. The molecule has 0 saturated heterocycles. The van der Waals surface area contributed by atoms with E-state index in [-0.39, 0.29) is 5.97 Å². The lowest BCUT2D eigenvalue weighted by atomic mass is 10.3. The Kier molecular flexibility index (Phi) is 3.45. The number of aromatic nitrogens is 1. The van der Waals surface area contributed by atoms with Crippen LogP contribution in [-0.4, -0.2) is 23.4 Å². The molecule has 4 heteroatoms. The van der Waals surface area contributed by atoms with Crippen LogP contribution < -0.4 is 0 Å². The summed E-state index contributed by atoms with van der Waals surface area (Å²) in [5.41, 5.74) is 0.923. The van der Waals surface area contributed by atoms with E-state index < -0.39 is 0 Å². The molecule has 1 heterocycles. The Morgan fingerprint density at radius 3 is 2.71 bits per heavy atom. The summed E-state index contributed by atoms with van der Waals surface area (Å²) in [6.45, 7) is 4.65. The standard InChI is InChI=1S/C10H13NO3/c1-3-11-6-8(5-9(11)7-12)10(13)14-4-2/h5-7H,3-4H2,1-2H3. The molecule has 0 N–H and O–H groups in total. The third-order valence-corrected chi connectivity index (χ3v) is 1.90. The average molecular weight is 195 g/mol. The first-order chi connectivity index (χ1) is 6.72. The first kappa shape index (κ1) is 10.5. The van der Waals surface area contributed by atoms with E-state index in [1.54, 1.807) is 17.7 Å². The fourth-order valence-corrected chi connectivity index (χ4v) is 1.22. The molecule has 0 saturated carbocycles. The van der Waals surface area contributed by atoms with Crippen LogP contribution in [0.5, 0.6) is 0 Å². The van der Waals surface area contributed by atoms with Crippen molar-refractivity contribution in [2.24, 2.45) is 0 Å². The van der Waals surface area contributed by atoms with Crippen LogP contribution in [0.4, 0.5) is 0 Å². The van der Waals surface area contributed by atoms with Gasteiger partial charge in [0.2, 0.25) is 0 Å². The SMILES string of the molecule is CCOC(=O)c1cc(C=O)n(CC)c1. The molecule has 1 aromatic heterocycles. The van der Waals surface area contributed by atoms with Gasteiger partial charge < -0.3 is 9.30 Å².